The third-order valence-corrected chi connectivity index (χ3v) is 4.42. The standard InChI is InChI=1S/C14H17N5O2/c1-19-7-16-18-12(19)9-4-5-10(9)13(20)17-14-15-6-11(21-14)8-2-3-8/h6-10H,2-5H2,1H3,(H,15,17,20)/t9-,10+/m1/s1. The molecule has 2 heterocycles. The molecule has 4 rings (SSSR count). The Morgan fingerprint density at radius 1 is 1.38 bits per heavy atom. The Morgan fingerprint density at radius 3 is 2.86 bits per heavy atom. The summed E-state index contributed by atoms with van der Waals surface area (Å²) in [6.07, 6.45) is 7.51. The molecule has 2 fully saturated rings. The summed E-state index contributed by atoms with van der Waals surface area (Å²) in [5, 5.41) is 10.8. The molecule has 0 aliphatic heterocycles. The van der Waals surface area contributed by atoms with E-state index in [9.17, 15) is 4.79 Å². The predicted molar refractivity (Wildman–Crippen MR) is 73.6 cm³/mol. The smallest absolute Gasteiger partial charge is 0.301 e. The van der Waals surface area contributed by atoms with Crippen molar-refractivity contribution in [2.45, 2.75) is 37.5 Å². The molecule has 110 valence electrons. The van der Waals surface area contributed by atoms with E-state index in [0.717, 1.165) is 37.3 Å². The molecule has 7 heteroatoms. The van der Waals surface area contributed by atoms with Crippen molar-refractivity contribution in [2.75, 3.05) is 5.32 Å². The molecule has 1 amide bonds. The summed E-state index contributed by atoms with van der Waals surface area (Å²) in [6, 6.07) is 0.311. The van der Waals surface area contributed by atoms with Crippen LogP contribution in [0.2, 0.25) is 0 Å². The molecular formula is C14H17N5O2. The van der Waals surface area contributed by atoms with Gasteiger partial charge in [-0.3, -0.25) is 10.1 Å². The van der Waals surface area contributed by atoms with Crippen LogP contribution in [0.1, 0.15) is 49.1 Å². The summed E-state index contributed by atoms with van der Waals surface area (Å²) in [5.41, 5.74) is 0. The Labute approximate surface area is 121 Å². The normalized spacial score (nSPS) is 24.6. The third kappa shape index (κ3) is 2.22. The number of carbonyl (C=O) groups is 1. The topological polar surface area (TPSA) is 85.8 Å². The fourth-order valence-electron chi connectivity index (χ4n) is 2.85. The van der Waals surface area contributed by atoms with Gasteiger partial charge in [-0.05, 0) is 25.7 Å². The van der Waals surface area contributed by atoms with Gasteiger partial charge in [0, 0.05) is 24.8 Å². The molecule has 2 aromatic rings. The van der Waals surface area contributed by atoms with Gasteiger partial charge < -0.3 is 8.98 Å². The van der Waals surface area contributed by atoms with Gasteiger partial charge in [-0.2, -0.15) is 0 Å². The number of rotatable bonds is 4. The molecule has 1 N–H and O–H groups in total. The number of aromatic nitrogens is 4. The summed E-state index contributed by atoms with van der Waals surface area (Å²) >= 11 is 0. The van der Waals surface area contributed by atoms with Crippen molar-refractivity contribution in [2.24, 2.45) is 13.0 Å². The molecule has 2 aromatic heterocycles. The van der Waals surface area contributed by atoms with Crippen LogP contribution in [0, 0.1) is 5.92 Å². The lowest BCUT2D eigenvalue weighted by atomic mass is 9.72. The van der Waals surface area contributed by atoms with E-state index in [0.29, 0.717) is 11.9 Å². The Hall–Kier alpha value is -2.18. The summed E-state index contributed by atoms with van der Waals surface area (Å²) < 4.78 is 7.45. The Bertz CT molecular complexity index is 672. The number of aryl methyl sites for hydroxylation is 1. The average molecular weight is 287 g/mol. The highest BCUT2D eigenvalue weighted by Crippen LogP contribution is 2.43. The van der Waals surface area contributed by atoms with Gasteiger partial charge in [0.1, 0.15) is 17.9 Å². The van der Waals surface area contributed by atoms with E-state index in [1.54, 1.807) is 12.5 Å². The van der Waals surface area contributed by atoms with Gasteiger partial charge in [0.05, 0.1) is 6.20 Å². The third-order valence-electron chi connectivity index (χ3n) is 4.42. The minimum Gasteiger partial charge on any atom is -0.428 e. The first-order valence-electron chi connectivity index (χ1n) is 7.33. The molecule has 0 saturated heterocycles. The van der Waals surface area contributed by atoms with E-state index in [-0.39, 0.29) is 17.7 Å². The molecule has 2 atom stereocenters. The quantitative estimate of drug-likeness (QED) is 0.926. The molecule has 2 saturated carbocycles. The maximum Gasteiger partial charge on any atom is 0.301 e. The minimum atomic E-state index is -0.0795. The molecule has 0 spiro atoms. The minimum absolute atomic E-state index is 0.0431. The second-order valence-electron chi connectivity index (χ2n) is 5.92. The fraction of sp³-hybridized carbons (Fsp3) is 0.571. The van der Waals surface area contributed by atoms with Gasteiger partial charge >= 0.3 is 6.01 Å². The van der Waals surface area contributed by atoms with Crippen molar-refractivity contribution in [1.29, 1.82) is 0 Å². The van der Waals surface area contributed by atoms with Crippen LogP contribution in [-0.2, 0) is 11.8 Å². The van der Waals surface area contributed by atoms with Gasteiger partial charge in [-0.25, -0.2) is 4.98 Å². The number of carbonyl (C=O) groups excluding carboxylic acids is 1. The van der Waals surface area contributed by atoms with E-state index in [1.165, 1.54) is 0 Å². The van der Waals surface area contributed by atoms with Gasteiger partial charge in [0.2, 0.25) is 5.91 Å². The van der Waals surface area contributed by atoms with E-state index in [2.05, 4.69) is 20.5 Å². The molecule has 7 nitrogen and oxygen atoms in total. The Balaban J connectivity index is 1.43. The van der Waals surface area contributed by atoms with Crippen LogP contribution in [0.15, 0.2) is 16.9 Å². The summed E-state index contributed by atoms with van der Waals surface area (Å²) in [7, 11) is 1.90. The van der Waals surface area contributed by atoms with Crippen LogP contribution in [0.4, 0.5) is 6.01 Å². The van der Waals surface area contributed by atoms with Gasteiger partial charge in [-0.1, -0.05) is 0 Å². The largest absolute Gasteiger partial charge is 0.428 e. The lowest BCUT2D eigenvalue weighted by Gasteiger charge is -2.33. The molecule has 2 aliphatic rings. The van der Waals surface area contributed by atoms with E-state index >= 15 is 0 Å². The van der Waals surface area contributed by atoms with Crippen LogP contribution >= 0.6 is 0 Å². The monoisotopic (exact) mass is 287 g/mol. The maximum atomic E-state index is 12.3. The van der Waals surface area contributed by atoms with Crippen LogP contribution in [0.5, 0.6) is 0 Å². The number of nitrogens with zero attached hydrogens (tertiary/aromatic N) is 4. The number of nitrogens with one attached hydrogen (secondary N) is 1. The summed E-state index contributed by atoms with van der Waals surface area (Å²) in [5.74, 6) is 2.26. The van der Waals surface area contributed by atoms with Crippen molar-refractivity contribution in [3.63, 3.8) is 0 Å². The maximum absolute atomic E-state index is 12.3. The molecule has 21 heavy (non-hydrogen) atoms. The highest BCUT2D eigenvalue weighted by molar-refractivity contribution is 5.91. The number of amides is 1. The van der Waals surface area contributed by atoms with E-state index < -0.39 is 0 Å². The highest BCUT2D eigenvalue weighted by atomic mass is 16.4. The first-order chi connectivity index (χ1) is 10.2. The predicted octanol–water partition coefficient (Wildman–Crippen LogP) is 1.81. The average Bonchev–Trinajstić information content (AvgIpc) is 3.04. The second-order valence-corrected chi connectivity index (χ2v) is 5.92. The first kappa shape index (κ1) is 12.6. The van der Waals surface area contributed by atoms with Gasteiger partial charge in [0.15, 0.2) is 0 Å². The lowest BCUT2D eigenvalue weighted by molar-refractivity contribution is -0.123. The van der Waals surface area contributed by atoms with Crippen molar-refractivity contribution in [1.82, 2.24) is 19.7 Å². The fourth-order valence-corrected chi connectivity index (χ4v) is 2.85. The van der Waals surface area contributed by atoms with Crippen LogP contribution in [0.3, 0.4) is 0 Å². The molecule has 2 aliphatic carbocycles. The van der Waals surface area contributed by atoms with Gasteiger partial charge in [-0.15, -0.1) is 10.2 Å². The Kier molecular flexibility index (Phi) is 2.80. The summed E-state index contributed by atoms with van der Waals surface area (Å²) in [4.78, 5) is 16.5. The van der Waals surface area contributed by atoms with Crippen molar-refractivity contribution in [3.05, 3.63) is 24.1 Å². The van der Waals surface area contributed by atoms with Crippen molar-refractivity contribution in [3.8, 4) is 0 Å². The molecule has 0 unspecified atom stereocenters. The zero-order chi connectivity index (χ0) is 14.4. The number of hydrogen-bond donors (Lipinski definition) is 1. The Morgan fingerprint density at radius 2 is 2.24 bits per heavy atom. The van der Waals surface area contributed by atoms with E-state index in [1.807, 2.05) is 11.6 Å². The van der Waals surface area contributed by atoms with Crippen LogP contribution in [-0.4, -0.2) is 25.7 Å². The van der Waals surface area contributed by atoms with E-state index in [4.69, 9.17) is 4.42 Å². The highest BCUT2D eigenvalue weighted by Gasteiger charge is 2.40. The SMILES string of the molecule is Cn1cnnc1[C@@H]1CC[C@@H]1C(=O)Nc1ncc(C2CC2)o1. The van der Waals surface area contributed by atoms with Crippen molar-refractivity contribution < 1.29 is 9.21 Å². The summed E-state index contributed by atoms with van der Waals surface area (Å²) in [6.45, 7) is 0. The molecule has 0 bridgehead atoms. The van der Waals surface area contributed by atoms with Crippen molar-refractivity contribution >= 4 is 11.9 Å². The second kappa shape index (κ2) is 4.68. The molecular weight excluding hydrogens is 270 g/mol. The van der Waals surface area contributed by atoms with Crippen LogP contribution in [0.25, 0.3) is 0 Å². The first-order valence-corrected chi connectivity index (χ1v) is 7.33. The van der Waals surface area contributed by atoms with Crippen LogP contribution < -0.4 is 5.32 Å². The molecule has 0 aromatic carbocycles. The molecule has 0 radical (unpaired) electrons. The van der Waals surface area contributed by atoms with Gasteiger partial charge in [0.25, 0.3) is 0 Å². The number of anilines is 1. The lowest BCUT2D eigenvalue weighted by Crippen LogP contribution is -2.36. The number of hydrogen-bond acceptors (Lipinski definition) is 5. The number of oxazole rings is 1. The zero-order valence-electron chi connectivity index (χ0n) is 11.8. The zero-order valence-corrected chi connectivity index (χ0v) is 11.8.